The van der Waals surface area contributed by atoms with E-state index in [4.69, 9.17) is 0 Å². The summed E-state index contributed by atoms with van der Waals surface area (Å²) in [5.41, 5.74) is 0.804. The van der Waals surface area contributed by atoms with Crippen molar-refractivity contribution >= 4 is 17.4 Å². The van der Waals surface area contributed by atoms with Gasteiger partial charge in [-0.05, 0) is 45.7 Å². The predicted octanol–water partition coefficient (Wildman–Crippen LogP) is 2.40. The second-order valence-corrected chi connectivity index (χ2v) is 6.57. The smallest absolute Gasteiger partial charge is 0.225 e. The van der Waals surface area contributed by atoms with Crippen LogP contribution in [0.15, 0.2) is 18.3 Å². The Morgan fingerprint density at radius 3 is 2.57 bits per heavy atom. The van der Waals surface area contributed by atoms with E-state index in [1.807, 2.05) is 12.1 Å². The molecule has 2 heterocycles. The molecule has 0 spiro atoms. The summed E-state index contributed by atoms with van der Waals surface area (Å²) < 4.78 is 0. The molecule has 0 aliphatic carbocycles. The van der Waals surface area contributed by atoms with E-state index in [1.165, 1.54) is 12.8 Å². The highest BCUT2D eigenvalue weighted by Gasteiger charge is 2.13. The molecular weight excluding hydrogens is 264 g/mol. The van der Waals surface area contributed by atoms with Gasteiger partial charge in [0.1, 0.15) is 5.82 Å². The Kier molecular flexibility index (Phi) is 5.17. The summed E-state index contributed by atoms with van der Waals surface area (Å²) in [6.07, 6.45) is 4.68. The Morgan fingerprint density at radius 2 is 2.00 bits per heavy atom. The fourth-order valence-electron chi connectivity index (χ4n) is 2.37. The third-order valence-corrected chi connectivity index (χ3v) is 3.47. The molecule has 0 bridgehead atoms. The number of hydrogen-bond acceptors (Lipinski definition) is 4. The average molecular weight is 290 g/mol. The maximum Gasteiger partial charge on any atom is 0.225 e. The van der Waals surface area contributed by atoms with Gasteiger partial charge in [-0.3, -0.25) is 4.79 Å². The van der Waals surface area contributed by atoms with Crippen molar-refractivity contribution in [3.63, 3.8) is 0 Å². The maximum absolute atomic E-state index is 11.9. The Hall–Kier alpha value is -1.62. The van der Waals surface area contributed by atoms with Gasteiger partial charge in [0.2, 0.25) is 5.91 Å². The first kappa shape index (κ1) is 15.8. The van der Waals surface area contributed by atoms with Gasteiger partial charge in [0.15, 0.2) is 0 Å². The number of rotatable bonds is 5. The Balaban J connectivity index is 1.78. The van der Waals surface area contributed by atoms with Crippen LogP contribution in [0.3, 0.4) is 0 Å². The first-order valence-electron chi connectivity index (χ1n) is 7.70. The molecule has 116 valence electrons. The summed E-state index contributed by atoms with van der Waals surface area (Å²) in [5, 5.41) is 6.19. The van der Waals surface area contributed by atoms with Gasteiger partial charge in [-0.1, -0.05) is 0 Å². The number of pyridine rings is 1. The lowest BCUT2D eigenvalue weighted by Crippen LogP contribution is -2.37. The summed E-state index contributed by atoms with van der Waals surface area (Å²) in [6, 6.07) is 3.91. The molecule has 1 aliphatic rings. The van der Waals surface area contributed by atoms with Crippen molar-refractivity contribution in [2.75, 3.05) is 29.9 Å². The van der Waals surface area contributed by atoms with E-state index in [9.17, 15) is 4.79 Å². The van der Waals surface area contributed by atoms with E-state index in [2.05, 4.69) is 41.3 Å². The molecule has 0 aromatic carbocycles. The van der Waals surface area contributed by atoms with Gasteiger partial charge in [0, 0.05) is 31.6 Å². The predicted molar refractivity (Wildman–Crippen MR) is 86.7 cm³/mol. The molecule has 5 heteroatoms. The molecule has 2 rings (SSSR count). The van der Waals surface area contributed by atoms with Gasteiger partial charge in [-0.15, -0.1) is 0 Å². The highest BCUT2D eigenvalue weighted by atomic mass is 16.1. The van der Waals surface area contributed by atoms with Crippen LogP contribution in [0.25, 0.3) is 0 Å². The van der Waals surface area contributed by atoms with Crippen LogP contribution in [-0.4, -0.2) is 36.1 Å². The Labute approximate surface area is 127 Å². The first-order chi connectivity index (χ1) is 9.94. The zero-order valence-electron chi connectivity index (χ0n) is 13.3. The van der Waals surface area contributed by atoms with E-state index in [0.29, 0.717) is 13.0 Å². The molecule has 1 saturated heterocycles. The number of carbonyl (C=O) groups excluding carboxylic acids is 1. The molecule has 0 saturated carbocycles. The lowest BCUT2D eigenvalue weighted by Gasteiger charge is -2.20. The summed E-state index contributed by atoms with van der Waals surface area (Å²) in [4.78, 5) is 18.6. The van der Waals surface area contributed by atoms with Gasteiger partial charge in [0.05, 0.1) is 11.9 Å². The zero-order chi connectivity index (χ0) is 15.3. The lowest BCUT2D eigenvalue weighted by atomic mass is 10.1. The minimum Gasteiger partial charge on any atom is -0.357 e. The Bertz CT molecular complexity index is 458. The van der Waals surface area contributed by atoms with Crippen LogP contribution < -0.4 is 15.5 Å². The van der Waals surface area contributed by atoms with Crippen LogP contribution in [0.2, 0.25) is 0 Å². The molecule has 0 radical (unpaired) electrons. The third-order valence-electron chi connectivity index (χ3n) is 3.47. The van der Waals surface area contributed by atoms with Crippen molar-refractivity contribution in [2.24, 2.45) is 0 Å². The molecule has 0 unspecified atom stereocenters. The number of amides is 1. The number of nitrogens with one attached hydrogen (secondary N) is 2. The largest absolute Gasteiger partial charge is 0.357 e. The van der Waals surface area contributed by atoms with Crippen LogP contribution in [0.1, 0.15) is 40.0 Å². The molecule has 1 fully saturated rings. The van der Waals surface area contributed by atoms with Crippen molar-refractivity contribution in [1.29, 1.82) is 0 Å². The van der Waals surface area contributed by atoms with Crippen molar-refractivity contribution < 1.29 is 4.79 Å². The molecule has 21 heavy (non-hydrogen) atoms. The Morgan fingerprint density at radius 1 is 1.29 bits per heavy atom. The number of anilines is 2. The van der Waals surface area contributed by atoms with Crippen molar-refractivity contribution in [3.05, 3.63) is 18.3 Å². The summed E-state index contributed by atoms with van der Waals surface area (Å²) >= 11 is 0. The molecule has 5 nitrogen and oxygen atoms in total. The van der Waals surface area contributed by atoms with E-state index in [-0.39, 0.29) is 11.4 Å². The summed E-state index contributed by atoms with van der Waals surface area (Å²) in [5.74, 6) is 1.02. The molecule has 0 atom stereocenters. The standard InChI is InChI=1S/C16H26N4O/c1-16(2,3)18-9-8-15(21)19-13-6-7-14(17-12-13)20-10-4-5-11-20/h6-7,12,18H,4-5,8-11H2,1-3H3,(H,19,21). The minimum absolute atomic E-state index is 0.0162. The molecule has 2 N–H and O–H groups in total. The van der Waals surface area contributed by atoms with Crippen molar-refractivity contribution in [2.45, 2.75) is 45.6 Å². The van der Waals surface area contributed by atoms with Gasteiger partial charge < -0.3 is 15.5 Å². The SMILES string of the molecule is CC(C)(C)NCCC(=O)Nc1ccc(N2CCCC2)nc1. The normalized spacial score (nSPS) is 15.3. The fourth-order valence-corrected chi connectivity index (χ4v) is 2.37. The van der Waals surface area contributed by atoms with Crippen molar-refractivity contribution in [1.82, 2.24) is 10.3 Å². The molecule has 1 aromatic rings. The molecule has 1 aliphatic heterocycles. The van der Waals surface area contributed by atoms with Crippen molar-refractivity contribution in [3.8, 4) is 0 Å². The first-order valence-corrected chi connectivity index (χ1v) is 7.70. The van der Waals surface area contributed by atoms with E-state index >= 15 is 0 Å². The summed E-state index contributed by atoms with van der Waals surface area (Å²) in [6.45, 7) is 9.10. The molecule has 1 amide bonds. The van der Waals surface area contributed by atoms with Crippen LogP contribution >= 0.6 is 0 Å². The monoisotopic (exact) mass is 290 g/mol. The number of aromatic nitrogens is 1. The topological polar surface area (TPSA) is 57.3 Å². The quantitative estimate of drug-likeness (QED) is 0.874. The third kappa shape index (κ3) is 5.34. The van der Waals surface area contributed by atoms with Gasteiger partial charge in [-0.25, -0.2) is 4.98 Å². The maximum atomic E-state index is 11.9. The van der Waals surface area contributed by atoms with E-state index in [1.54, 1.807) is 6.20 Å². The highest BCUT2D eigenvalue weighted by molar-refractivity contribution is 5.90. The molecular formula is C16H26N4O. The number of carbonyl (C=O) groups is 1. The second-order valence-electron chi connectivity index (χ2n) is 6.57. The number of hydrogen-bond donors (Lipinski definition) is 2. The van der Waals surface area contributed by atoms with Crippen LogP contribution in [0, 0.1) is 0 Å². The lowest BCUT2D eigenvalue weighted by molar-refractivity contribution is -0.116. The number of nitrogens with zero attached hydrogens (tertiary/aromatic N) is 2. The summed E-state index contributed by atoms with van der Waals surface area (Å²) in [7, 11) is 0. The van der Waals surface area contributed by atoms with Crippen LogP contribution in [0.4, 0.5) is 11.5 Å². The van der Waals surface area contributed by atoms with Gasteiger partial charge in [-0.2, -0.15) is 0 Å². The van der Waals surface area contributed by atoms with Crippen LogP contribution in [0.5, 0.6) is 0 Å². The van der Waals surface area contributed by atoms with E-state index < -0.39 is 0 Å². The minimum atomic E-state index is 0.0162. The zero-order valence-corrected chi connectivity index (χ0v) is 13.3. The van der Waals surface area contributed by atoms with Gasteiger partial charge in [0.25, 0.3) is 0 Å². The van der Waals surface area contributed by atoms with E-state index in [0.717, 1.165) is 24.6 Å². The second kappa shape index (κ2) is 6.89. The highest BCUT2D eigenvalue weighted by Crippen LogP contribution is 2.19. The average Bonchev–Trinajstić information content (AvgIpc) is 2.92. The van der Waals surface area contributed by atoms with Crippen LogP contribution in [-0.2, 0) is 4.79 Å². The van der Waals surface area contributed by atoms with Gasteiger partial charge >= 0.3 is 0 Å². The fraction of sp³-hybridized carbons (Fsp3) is 0.625. The molecule has 1 aromatic heterocycles.